The van der Waals surface area contributed by atoms with Crippen molar-refractivity contribution in [3.8, 4) is 29.1 Å². The molecule has 3 aromatic rings. The van der Waals surface area contributed by atoms with Crippen LogP contribution in [0.4, 0.5) is 4.79 Å². The van der Waals surface area contributed by atoms with Crippen molar-refractivity contribution in [3.63, 3.8) is 0 Å². The van der Waals surface area contributed by atoms with Crippen molar-refractivity contribution >= 4 is 40.8 Å². The number of aliphatic hydroxyl groups excluding tert-OH is 1. The van der Waals surface area contributed by atoms with E-state index in [4.69, 9.17) is 28.9 Å². The molecule has 0 radical (unpaired) electrons. The van der Waals surface area contributed by atoms with E-state index in [1.807, 2.05) is 25.1 Å². The Balaban J connectivity index is 1.38. The van der Waals surface area contributed by atoms with Crippen molar-refractivity contribution in [2.24, 2.45) is 5.10 Å². The highest BCUT2D eigenvalue weighted by molar-refractivity contribution is 14.1. The van der Waals surface area contributed by atoms with Crippen LogP contribution < -0.4 is 35.0 Å². The van der Waals surface area contributed by atoms with E-state index < -0.39 is 24.3 Å². The number of ether oxygens (including phenoxy) is 5. The molecule has 0 bridgehead atoms. The van der Waals surface area contributed by atoms with Crippen LogP contribution in [0.25, 0.3) is 0 Å². The molecule has 0 aromatic heterocycles. The molecule has 4 N–H and O–H groups in total. The van der Waals surface area contributed by atoms with Crippen LogP contribution in [0.5, 0.6) is 23.0 Å². The van der Waals surface area contributed by atoms with Crippen LogP contribution in [-0.4, -0.2) is 57.0 Å². The zero-order valence-electron chi connectivity index (χ0n) is 26.1. The SMILES string of the molecule is CCOc1cc([C@@H]2NC(=O)NC(C)=C2C(=O)OC)ccc1OC[C@H](O)N/N=C/c1cc(I)c(OCc2ccc(C#N)cc2)c(OC)c1. The molecule has 2 atom stereocenters. The number of nitrogens with one attached hydrogen (secondary N) is 3. The van der Waals surface area contributed by atoms with E-state index in [0.29, 0.717) is 58.6 Å². The average molecular weight is 756 g/mol. The summed E-state index contributed by atoms with van der Waals surface area (Å²) < 4.78 is 28.8. The fourth-order valence-electron chi connectivity index (χ4n) is 4.61. The fourth-order valence-corrected chi connectivity index (χ4v) is 5.39. The van der Waals surface area contributed by atoms with Gasteiger partial charge in [-0.25, -0.2) is 9.59 Å². The summed E-state index contributed by atoms with van der Waals surface area (Å²) in [5, 5.41) is 28.9. The minimum absolute atomic E-state index is 0.170. The van der Waals surface area contributed by atoms with Gasteiger partial charge in [-0.3, -0.25) is 5.43 Å². The van der Waals surface area contributed by atoms with Crippen molar-refractivity contribution in [3.05, 3.63) is 91.7 Å². The predicted octanol–water partition coefficient (Wildman–Crippen LogP) is 4.27. The van der Waals surface area contributed by atoms with Crippen molar-refractivity contribution in [1.29, 1.82) is 5.26 Å². The van der Waals surface area contributed by atoms with Crippen LogP contribution in [0.3, 0.4) is 0 Å². The monoisotopic (exact) mass is 755 g/mol. The van der Waals surface area contributed by atoms with Gasteiger partial charge in [-0.1, -0.05) is 18.2 Å². The highest BCUT2D eigenvalue weighted by Gasteiger charge is 2.32. The van der Waals surface area contributed by atoms with Crippen LogP contribution in [0.1, 0.15) is 42.1 Å². The number of hydrogen-bond acceptors (Lipinski definition) is 11. The Bertz CT molecular complexity index is 1700. The minimum Gasteiger partial charge on any atom is -0.493 e. The molecule has 246 valence electrons. The molecule has 0 saturated carbocycles. The Morgan fingerprint density at radius 1 is 1.11 bits per heavy atom. The summed E-state index contributed by atoms with van der Waals surface area (Å²) in [5.41, 5.74) is 6.04. The number of benzene rings is 3. The van der Waals surface area contributed by atoms with E-state index in [9.17, 15) is 14.7 Å². The van der Waals surface area contributed by atoms with Crippen LogP contribution in [0, 0.1) is 14.9 Å². The number of halogens is 1. The van der Waals surface area contributed by atoms with Gasteiger partial charge in [0.25, 0.3) is 0 Å². The zero-order chi connectivity index (χ0) is 33.9. The van der Waals surface area contributed by atoms with Gasteiger partial charge >= 0.3 is 12.0 Å². The molecule has 14 heteroatoms. The molecule has 0 aliphatic carbocycles. The maximum Gasteiger partial charge on any atom is 0.337 e. The van der Waals surface area contributed by atoms with Gasteiger partial charge in [-0.2, -0.15) is 10.4 Å². The van der Waals surface area contributed by atoms with E-state index in [-0.39, 0.29) is 12.2 Å². The number of carbonyl (C=O) groups is 2. The lowest BCUT2D eigenvalue weighted by molar-refractivity contribution is -0.136. The Labute approximate surface area is 285 Å². The summed E-state index contributed by atoms with van der Waals surface area (Å²) in [6, 6.07) is 16.6. The summed E-state index contributed by atoms with van der Waals surface area (Å²) in [6.45, 7) is 3.88. The number of urea groups is 1. The van der Waals surface area contributed by atoms with Gasteiger partial charge < -0.3 is 39.4 Å². The van der Waals surface area contributed by atoms with Crippen molar-refractivity contribution in [1.82, 2.24) is 16.1 Å². The van der Waals surface area contributed by atoms with Gasteiger partial charge in [-0.15, -0.1) is 0 Å². The highest BCUT2D eigenvalue weighted by Crippen LogP contribution is 2.36. The predicted molar refractivity (Wildman–Crippen MR) is 180 cm³/mol. The van der Waals surface area contributed by atoms with Gasteiger partial charge in [0.2, 0.25) is 0 Å². The number of rotatable bonds is 14. The van der Waals surface area contributed by atoms with Crippen LogP contribution in [0.15, 0.2) is 71.0 Å². The third-order valence-electron chi connectivity index (χ3n) is 6.83. The number of esters is 1. The molecular formula is C33H34IN5O8. The number of amides is 2. The molecule has 1 aliphatic heterocycles. The Kier molecular flexibility index (Phi) is 12.3. The van der Waals surface area contributed by atoms with Gasteiger partial charge in [0.05, 0.1) is 53.9 Å². The number of allylic oxidation sites excluding steroid dienone is 1. The van der Waals surface area contributed by atoms with Crippen LogP contribution in [-0.2, 0) is 16.1 Å². The van der Waals surface area contributed by atoms with E-state index in [1.165, 1.54) is 13.3 Å². The first kappa shape index (κ1) is 34.9. The second-order valence-electron chi connectivity index (χ2n) is 10.0. The van der Waals surface area contributed by atoms with Crippen LogP contribution in [0.2, 0.25) is 0 Å². The third kappa shape index (κ3) is 9.05. The van der Waals surface area contributed by atoms with E-state index in [2.05, 4.69) is 49.8 Å². The second-order valence-corrected chi connectivity index (χ2v) is 11.2. The van der Waals surface area contributed by atoms with E-state index in [0.717, 1.165) is 9.13 Å². The molecule has 13 nitrogen and oxygen atoms in total. The lowest BCUT2D eigenvalue weighted by Gasteiger charge is -2.28. The normalized spacial score (nSPS) is 14.8. The molecule has 1 aliphatic rings. The largest absolute Gasteiger partial charge is 0.493 e. The Morgan fingerprint density at radius 2 is 1.87 bits per heavy atom. The van der Waals surface area contributed by atoms with Gasteiger partial charge in [0, 0.05) is 5.70 Å². The first-order valence-corrected chi connectivity index (χ1v) is 15.5. The lowest BCUT2D eigenvalue weighted by atomic mass is 9.95. The van der Waals surface area contributed by atoms with Crippen LogP contribution >= 0.6 is 22.6 Å². The topological polar surface area (TPSA) is 173 Å². The van der Waals surface area contributed by atoms with Crippen molar-refractivity contribution in [2.75, 3.05) is 27.4 Å². The first-order valence-electron chi connectivity index (χ1n) is 14.4. The number of methoxy groups -OCH3 is 2. The molecular weight excluding hydrogens is 721 g/mol. The number of carbonyl (C=O) groups excluding carboxylic acids is 2. The highest BCUT2D eigenvalue weighted by atomic mass is 127. The molecule has 0 saturated heterocycles. The number of hydrazone groups is 1. The molecule has 47 heavy (non-hydrogen) atoms. The summed E-state index contributed by atoms with van der Waals surface area (Å²) in [4.78, 5) is 24.6. The smallest absolute Gasteiger partial charge is 0.337 e. The molecule has 0 unspecified atom stereocenters. The maximum absolute atomic E-state index is 12.5. The molecule has 4 rings (SSSR count). The average Bonchev–Trinajstić information content (AvgIpc) is 3.06. The van der Waals surface area contributed by atoms with Crippen molar-refractivity contribution < 1.29 is 38.4 Å². The number of nitriles is 1. The zero-order valence-corrected chi connectivity index (χ0v) is 28.3. The molecule has 0 fully saturated rings. The molecule has 1 heterocycles. The molecule has 2 amide bonds. The lowest BCUT2D eigenvalue weighted by Crippen LogP contribution is -2.45. The molecule has 0 spiro atoms. The first-order chi connectivity index (χ1) is 22.7. The summed E-state index contributed by atoms with van der Waals surface area (Å²) in [7, 11) is 2.81. The second kappa shape index (κ2) is 16.5. The van der Waals surface area contributed by atoms with Gasteiger partial charge in [0.15, 0.2) is 29.2 Å². The van der Waals surface area contributed by atoms with Gasteiger partial charge in [0.1, 0.15) is 13.2 Å². The van der Waals surface area contributed by atoms with Gasteiger partial charge in [-0.05, 0) is 89.5 Å². The number of nitrogens with zero attached hydrogens (tertiary/aromatic N) is 2. The van der Waals surface area contributed by atoms with E-state index in [1.54, 1.807) is 50.4 Å². The standard InChI is InChI=1S/C33H34IN5O8/c1-5-45-26-14-23(30-29(32(41)44-4)19(2)37-33(42)38-30)10-11-25(26)46-18-28(40)39-36-16-22-12-24(34)31(27(13-22)43-3)47-17-21-8-6-20(15-35)7-9-21/h6-14,16,28,30,39-40H,5,17-18H2,1-4H3,(H2,37,38,42)/b36-16+/t28-,30-/m0/s1. The molecule has 3 aromatic carbocycles. The summed E-state index contributed by atoms with van der Waals surface area (Å²) >= 11 is 2.15. The Hall–Kier alpha value is -5.01. The quantitative estimate of drug-likeness (QED) is 0.0612. The third-order valence-corrected chi connectivity index (χ3v) is 7.63. The number of aliphatic hydroxyl groups is 1. The minimum atomic E-state index is -1.17. The summed E-state index contributed by atoms with van der Waals surface area (Å²) in [6.07, 6.45) is 0.358. The van der Waals surface area contributed by atoms with Crippen molar-refractivity contribution in [2.45, 2.75) is 32.7 Å². The fraction of sp³-hybridized carbons (Fsp3) is 0.273. The number of hydrogen-bond donors (Lipinski definition) is 4. The maximum atomic E-state index is 12.5. The summed E-state index contributed by atoms with van der Waals surface area (Å²) in [5.74, 6) is 1.21. The van der Waals surface area contributed by atoms with E-state index >= 15 is 0 Å². The Morgan fingerprint density at radius 3 is 2.55 bits per heavy atom.